The number of carbonyl (C=O) groups excluding carboxylic acids is 2. The minimum absolute atomic E-state index is 0.0556. The number of allylic oxidation sites excluding steroid dienone is 2. The highest BCUT2D eigenvalue weighted by Crippen LogP contribution is 2.37. The molecule has 0 spiro atoms. The molecular formula is C32H54N6O2. The van der Waals surface area contributed by atoms with E-state index in [2.05, 4.69) is 53.2 Å². The largest absolute Gasteiger partial charge is 0.354 e. The molecule has 2 heterocycles. The second kappa shape index (κ2) is 16.6. The predicted molar refractivity (Wildman–Crippen MR) is 162 cm³/mol. The molecule has 1 saturated heterocycles. The van der Waals surface area contributed by atoms with E-state index >= 15 is 0 Å². The summed E-state index contributed by atoms with van der Waals surface area (Å²) in [7, 11) is 1.71. The minimum Gasteiger partial charge on any atom is -0.354 e. The van der Waals surface area contributed by atoms with Crippen molar-refractivity contribution in [3.8, 4) is 0 Å². The van der Waals surface area contributed by atoms with Crippen LogP contribution in [0.25, 0.3) is 0 Å². The number of nitrogens with one attached hydrogen (secondary N) is 1. The zero-order chi connectivity index (χ0) is 29.7. The van der Waals surface area contributed by atoms with Gasteiger partial charge in [-0.1, -0.05) is 66.4 Å². The van der Waals surface area contributed by atoms with Crippen molar-refractivity contribution in [2.24, 2.45) is 33.4 Å². The van der Waals surface area contributed by atoms with Crippen LogP contribution in [0.15, 0.2) is 34.4 Å². The lowest BCUT2D eigenvalue weighted by molar-refractivity contribution is -0.143. The van der Waals surface area contributed by atoms with Gasteiger partial charge < -0.3 is 10.2 Å². The molecular weight excluding hydrogens is 500 g/mol. The number of hydrogen-bond acceptors (Lipinski definition) is 6. The summed E-state index contributed by atoms with van der Waals surface area (Å²) in [4.78, 5) is 35.4. The van der Waals surface area contributed by atoms with Crippen LogP contribution in [0.2, 0.25) is 0 Å². The molecule has 3 aliphatic rings. The highest BCUT2D eigenvalue weighted by Gasteiger charge is 2.38. The van der Waals surface area contributed by atoms with Crippen LogP contribution in [0.4, 0.5) is 0 Å². The Morgan fingerprint density at radius 2 is 1.73 bits per heavy atom. The molecule has 2 aliphatic carbocycles. The Morgan fingerprint density at radius 1 is 1.10 bits per heavy atom. The lowest BCUT2D eigenvalue weighted by Gasteiger charge is -2.32. The number of nitrogens with zero attached hydrogens (tertiary/aromatic N) is 5. The van der Waals surface area contributed by atoms with Crippen LogP contribution in [-0.2, 0) is 16.0 Å². The fourth-order valence-corrected chi connectivity index (χ4v) is 4.92. The van der Waals surface area contributed by atoms with Gasteiger partial charge in [0, 0.05) is 44.4 Å². The van der Waals surface area contributed by atoms with Crippen LogP contribution < -0.4 is 5.32 Å². The Kier molecular flexibility index (Phi) is 13.9. The van der Waals surface area contributed by atoms with Gasteiger partial charge in [-0.25, -0.2) is 9.97 Å². The zero-order valence-electron chi connectivity index (χ0n) is 26.4. The summed E-state index contributed by atoms with van der Waals surface area (Å²) in [5, 5.41) is 10.7. The third-order valence-corrected chi connectivity index (χ3v) is 8.21. The van der Waals surface area contributed by atoms with Gasteiger partial charge in [-0.2, -0.15) is 10.2 Å². The Labute approximate surface area is 242 Å². The number of carbonyl (C=O) groups is 2. The first kappa shape index (κ1) is 33.6. The molecule has 0 radical (unpaired) electrons. The van der Waals surface area contributed by atoms with Crippen molar-refractivity contribution in [3.63, 3.8) is 0 Å². The van der Waals surface area contributed by atoms with E-state index < -0.39 is 0 Å². The van der Waals surface area contributed by atoms with E-state index in [1.807, 2.05) is 26.8 Å². The van der Waals surface area contributed by atoms with Crippen molar-refractivity contribution in [1.29, 1.82) is 0 Å². The van der Waals surface area contributed by atoms with Gasteiger partial charge in [0.25, 0.3) is 0 Å². The number of amides is 2. The molecule has 2 amide bonds. The van der Waals surface area contributed by atoms with Crippen LogP contribution in [0.5, 0.6) is 0 Å². The average molecular weight is 555 g/mol. The molecule has 3 fully saturated rings. The third-order valence-electron chi connectivity index (χ3n) is 8.21. The van der Waals surface area contributed by atoms with Crippen molar-refractivity contribution in [2.75, 3.05) is 20.1 Å². The predicted octanol–water partition coefficient (Wildman–Crippen LogP) is 6.70. The number of hydrogen-bond donors (Lipinski definition) is 1. The first-order chi connectivity index (χ1) is 19.0. The third kappa shape index (κ3) is 11.5. The molecule has 4 rings (SSSR count). The van der Waals surface area contributed by atoms with E-state index in [-0.39, 0.29) is 29.2 Å². The van der Waals surface area contributed by atoms with Crippen molar-refractivity contribution >= 4 is 11.8 Å². The van der Waals surface area contributed by atoms with E-state index in [0.717, 1.165) is 41.8 Å². The summed E-state index contributed by atoms with van der Waals surface area (Å²) < 4.78 is 0. The number of aryl methyl sites for hydroxylation is 1. The Bertz CT molecular complexity index is 972. The summed E-state index contributed by atoms with van der Waals surface area (Å²) in [6.07, 6.45) is 16.5. The molecule has 1 N–H and O–H groups in total. The molecule has 2 saturated carbocycles. The van der Waals surface area contributed by atoms with E-state index in [1.54, 1.807) is 24.3 Å². The molecule has 1 aliphatic heterocycles. The first-order valence-corrected chi connectivity index (χ1v) is 15.3. The van der Waals surface area contributed by atoms with Gasteiger partial charge in [0.1, 0.15) is 11.9 Å². The molecule has 2 atom stereocenters. The second-order valence-electron chi connectivity index (χ2n) is 12.6. The number of rotatable bonds is 7. The second-order valence-corrected chi connectivity index (χ2v) is 12.6. The van der Waals surface area contributed by atoms with Crippen molar-refractivity contribution < 1.29 is 9.59 Å². The van der Waals surface area contributed by atoms with E-state index in [1.165, 1.54) is 38.5 Å². The standard InChI is InChI=1S/C19H30N4O2.C7H12N2.C6H12/c1-13(19(3,4)5)18(25)23-10-6-7-16(23)17(24)20-9-8-15-11-21-14(2)22-12-15;1-3-7(9-8-2)6-4-5-6;1-6-4-2-3-5-6/h11-13,16H,6-10H2,1-5H3,(H,20,24);3,6H,4-5H2,1-2H3;6H,2-5H2,1H3/b;7-3-,9-8?;/t13?,16-;;/m0../s1. The molecule has 1 aromatic rings. The number of aromatic nitrogens is 2. The van der Waals surface area contributed by atoms with Gasteiger partial charge >= 0.3 is 0 Å². The molecule has 0 aromatic carbocycles. The fourth-order valence-electron chi connectivity index (χ4n) is 4.92. The van der Waals surface area contributed by atoms with Gasteiger partial charge in [0.05, 0.1) is 5.70 Å². The lowest BCUT2D eigenvalue weighted by atomic mass is 9.81. The highest BCUT2D eigenvalue weighted by molar-refractivity contribution is 5.89. The van der Waals surface area contributed by atoms with Gasteiger partial charge in [0.15, 0.2) is 0 Å². The lowest BCUT2D eigenvalue weighted by Crippen LogP contribution is -2.49. The van der Waals surface area contributed by atoms with Gasteiger partial charge in [-0.3, -0.25) is 9.59 Å². The molecule has 8 heteroatoms. The molecule has 224 valence electrons. The average Bonchev–Trinajstić information content (AvgIpc) is 3.43. The molecule has 40 heavy (non-hydrogen) atoms. The fraction of sp³-hybridized carbons (Fsp3) is 0.750. The summed E-state index contributed by atoms with van der Waals surface area (Å²) >= 11 is 0. The van der Waals surface area contributed by atoms with Crippen molar-refractivity contribution in [2.45, 2.75) is 112 Å². The summed E-state index contributed by atoms with van der Waals surface area (Å²) in [6, 6.07) is -0.341. The zero-order valence-corrected chi connectivity index (χ0v) is 26.4. The van der Waals surface area contributed by atoms with Crippen molar-refractivity contribution in [1.82, 2.24) is 20.2 Å². The van der Waals surface area contributed by atoms with Crippen molar-refractivity contribution in [3.05, 3.63) is 35.6 Å². The van der Waals surface area contributed by atoms with Gasteiger partial charge in [-0.15, -0.1) is 0 Å². The Morgan fingerprint density at radius 3 is 2.20 bits per heavy atom. The van der Waals surface area contributed by atoms with E-state index in [9.17, 15) is 9.59 Å². The molecule has 1 unspecified atom stereocenters. The maximum atomic E-state index is 12.8. The van der Waals surface area contributed by atoms with E-state index in [4.69, 9.17) is 0 Å². The first-order valence-electron chi connectivity index (χ1n) is 15.3. The van der Waals surface area contributed by atoms with Crippen LogP contribution in [-0.4, -0.2) is 52.9 Å². The van der Waals surface area contributed by atoms with Gasteiger partial charge in [0.2, 0.25) is 11.8 Å². The summed E-state index contributed by atoms with van der Waals surface area (Å²) in [5.41, 5.74) is 2.05. The monoisotopic (exact) mass is 554 g/mol. The van der Waals surface area contributed by atoms with E-state index in [0.29, 0.717) is 19.5 Å². The van der Waals surface area contributed by atoms with Crippen LogP contribution >= 0.6 is 0 Å². The number of azo groups is 1. The maximum Gasteiger partial charge on any atom is 0.242 e. The molecule has 0 bridgehead atoms. The Hall–Kier alpha value is -2.64. The highest BCUT2D eigenvalue weighted by atomic mass is 16.2. The SMILES string of the molecule is C/C=C(\N=NC)C1CC1.CC1CCCC1.Cc1ncc(CCNC(=O)[C@@H]2CCCN2C(=O)C(C)C(C)(C)C)cn1. The van der Waals surface area contributed by atoms with Crippen LogP contribution in [0.3, 0.4) is 0 Å². The number of likely N-dealkylation sites (tertiary alicyclic amines) is 1. The normalized spacial score (nSPS) is 20.4. The molecule has 1 aromatic heterocycles. The van der Waals surface area contributed by atoms with Gasteiger partial charge in [-0.05, 0) is 62.8 Å². The summed E-state index contributed by atoms with van der Waals surface area (Å²) in [6.45, 7) is 15.5. The minimum atomic E-state index is -0.341. The quantitative estimate of drug-likeness (QED) is 0.379. The maximum absolute atomic E-state index is 12.8. The van der Waals surface area contributed by atoms with Crippen LogP contribution in [0.1, 0.15) is 104 Å². The molecule has 8 nitrogen and oxygen atoms in total. The smallest absolute Gasteiger partial charge is 0.242 e. The summed E-state index contributed by atoms with van der Waals surface area (Å²) in [5.74, 6) is 2.44. The van der Waals surface area contributed by atoms with Crippen LogP contribution in [0, 0.1) is 30.1 Å². The Balaban J connectivity index is 0.000000301. The topological polar surface area (TPSA) is 99.9 Å².